The predicted molar refractivity (Wildman–Crippen MR) is 68.7 cm³/mol. The van der Waals surface area contributed by atoms with Crippen molar-refractivity contribution in [2.24, 2.45) is 0 Å². The fourth-order valence-corrected chi connectivity index (χ4v) is 1.90. The van der Waals surface area contributed by atoms with Gasteiger partial charge in [-0.15, -0.1) is 0 Å². The number of aromatic hydroxyl groups is 1. The molecule has 1 heterocycles. The first-order valence-corrected chi connectivity index (χ1v) is 6.42. The molecule has 1 fully saturated rings. The molecule has 1 aliphatic carbocycles. The Bertz CT molecular complexity index is 697. The van der Waals surface area contributed by atoms with Crippen LogP contribution in [0.4, 0.5) is 14.5 Å². The number of nitrogens with one attached hydrogen (secondary N) is 2. The molecule has 0 saturated heterocycles. The van der Waals surface area contributed by atoms with Crippen LogP contribution in [0.2, 0.25) is 0 Å². The van der Waals surface area contributed by atoms with Gasteiger partial charge < -0.3 is 10.4 Å². The second kappa shape index (κ2) is 5.12. The molecular formula is C13H12F2N4O2. The minimum absolute atomic E-state index is 0.123. The summed E-state index contributed by atoms with van der Waals surface area (Å²) in [5.41, 5.74) is -0.336. The number of benzene rings is 1. The lowest BCUT2D eigenvalue weighted by Crippen LogP contribution is -2.16. The smallest absolute Gasteiger partial charge is 0.232 e. The highest BCUT2D eigenvalue weighted by Gasteiger charge is 2.28. The minimum Gasteiger partial charge on any atom is -0.505 e. The fraction of sp³-hybridized carbons (Fsp3) is 0.308. The number of hydrogen-bond donors (Lipinski definition) is 3. The van der Waals surface area contributed by atoms with Gasteiger partial charge in [-0.25, -0.2) is 9.37 Å². The van der Waals surface area contributed by atoms with Crippen molar-refractivity contribution in [3.63, 3.8) is 0 Å². The van der Waals surface area contributed by atoms with Gasteiger partial charge in [-0.1, -0.05) is 0 Å². The largest absolute Gasteiger partial charge is 0.505 e. The predicted octanol–water partition coefficient (Wildman–Crippen LogP) is 1.85. The van der Waals surface area contributed by atoms with E-state index in [4.69, 9.17) is 5.11 Å². The number of aromatic amines is 1. The molecule has 0 aliphatic heterocycles. The van der Waals surface area contributed by atoms with Crippen LogP contribution < -0.4 is 5.32 Å². The van der Waals surface area contributed by atoms with E-state index in [1.165, 1.54) is 0 Å². The fourth-order valence-electron chi connectivity index (χ4n) is 1.90. The second-order valence-electron chi connectivity index (χ2n) is 4.90. The zero-order chi connectivity index (χ0) is 15.0. The van der Waals surface area contributed by atoms with Gasteiger partial charge >= 0.3 is 0 Å². The van der Waals surface area contributed by atoms with Crippen molar-refractivity contribution in [3.8, 4) is 5.75 Å². The summed E-state index contributed by atoms with van der Waals surface area (Å²) in [5.74, 6) is -2.66. The third-order valence-corrected chi connectivity index (χ3v) is 3.16. The molecular weight excluding hydrogens is 282 g/mol. The van der Waals surface area contributed by atoms with Crippen LogP contribution in [0, 0.1) is 11.6 Å². The topological polar surface area (TPSA) is 90.9 Å². The maximum Gasteiger partial charge on any atom is 0.232 e. The number of phenols is 1. The number of hydrogen-bond acceptors (Lipinski definition) is 4. The third-order valence-electron chi connectivity index (χ3n) is 3.16. The van der Waals surface area contributed by atoms with Crippen molar-refractivity contribution in [3.05, 3.63) is 35.4 Å². The summed E-state index contributed by atoms with van der Waals surface area (Å²) in [4.78, 5) is 15.9. The molecule has 3 rings (SSSR count). The second-order valence-corrected chi connectivity index (χ2v) is 4.90. The molecule has 21 heavy (non-hydrogen) atoms. The molecule has 0 bridgehead atoms. The van der Waals surface area contributed by atoms with Gasteiger partial charge in [-0.3, -0.25) is 9.89 Å². The number of halogens is 2. The third kappa shape index (κ3) is 2.83. The number of anilines is 1. The van der Waals surface area contributed by atoms with E-state index in [1.807, 2.05) is 0 Å². The Labute approximate surface area is 118 Å². The monoisotopic (exact) mass is 294 g/mol. The zero-order valence-corrected chi connectivity index (χ0v) is 10.9. The van der Waals surface area contributed by atoms with Crippen LogP contribution in [0.25, 0.3) is 0 Å². The van der Waals surface area contributed by atoms with Crippen LogP contribution in [0.15, 0.2) is 12.1 Å². The molecule has 1 amide bonds. The van der Waals surface area contributed by atoms with Crippen LogP contribution in [0.1, 0.15) is 30.4 Å². The Morgan fingerprint density at radius 2 is 2.14 bits per heavy atom. The number of H-pyrrole nitrogens is 1. The Morgan fingerprint density at radius 3 is 2.86 bits per heavy atom. The van der Waals surface area contributed by atoms with E-state index in [0.717, 1.165) is 25.0 Å². The minimum atomic E-state index is -1.40. The van der Waals surface area contributed by atoms with Gasteiger partial charge in [0.1, 0.15) is 5.82 Å². The molecule has 1 saturated carbocycles. The van der Waals surface area contributed by atoms with Crippen LogP contribution in [-0.2, 0) is 11.2 Å². The van der Waals surface area contributed by atoms with Gasteiger partial charge in [0.2, 0.25) is 11.7 Å². The van der Waals surface area contributed by atoms with Gasteiger partial charge in [0, 0.05) is 5.92 Å². The van der Waals surface area contributed by atoms with Crippen molar-refractivity contribution < 1.29 is 18.7 Å². The van der Waals surface area contributed by atoms with Crippen molar-refractivity contribution in [2.45, 2.75) is 25.2 Å². The Balaban J connectivity index is 1.67. The molecule has 0 radical (unpaired) electrons. The summed E-state index contributed by atoms with van der Waals surface area (Å²) < 4.78 is 26.7. The molecule has 2 aromatic rings. The van der Waals surface area contributed by atoms with Gasteiger partial charge in [0.25, 0.3) is 0 Å². The van der Waals surface area contributed by atoms with E-state index in [1.54, 1.807) is 0 Å². The normalized spacial score (nSPS) is 14.2. The average Bonchev–Trinajstić information content (AvgIpc) is 3.20. The lowest BCUT2D eigenvalue weighted by molar-refractivity contribution is -0.115. The summed E-state index contributed by atoms with van der Waals surface area (Å²) in [6, 6.07) is 2.05. The van der Waals surface area contributed by atoms with Crippen molar-refractivity contribution in [2.75, 3.05) is 5.32 Å². The maximum absolute atomic E-state index is 13.5. The molecule has 0 spiro atoms. The molecule has 8 heteroatoms. The van der Waals surface area contributed by atoms with Gasteiger partial charge in [0.05, 0.1) is 12.1 Å². The first-order chi connectivity index (χ1) is 10.0. The highest BCUT2D eigenvalue weighted by Crippen LogP contribution is 2.37. The van der Waals surface area contributed by atoms with Crippen molar-refractivity contribution in [1.29, 1.82) is 0 Å². The van der Waals surface area contributed by atoms with E-state index in [9.17, 15) is 13.6 Å². The Morgan fingerprint density at radius 1 is 1.38 bits per heavy atom. The van der Waals surface area contributed by atoms with Crippen molar-refractivity contribution >= 4 is 11.6 Å². The summed E-state index contributed by atoms with van der Waals surface area (Å²) in [6.45, 7) is 0. The van der Waals surface area contributed by atoms with E-state index in [2.05, 4.69) is 20.5 Å². The van der Waals surface area contributed by atoms with E-state index >= 15 is 0 Å². The standard InChI is InChI=1S/C13H12F2N4O2/c14-11-7(3-4-8(20)12(11)15)16-10(21)5-9-17-13(19-18-9)6-1-2-6/h3-4,6,20H,1-2,5H2,(H,16,21)(H,17,18,19). The number of rotatable bonds is 4. The Hall–Kier alpha value is -2.51. The lowest BCUT2D eigenvalue weighted by atomic mass is 10.2. The van der Waals surface area contributed by atoms with Crippen LogP contribution >= 0.6 is 0 Å². The molecule has 1 aliphatic rings. The number of phenolic OH excluding ortho intramolecular Hbond substituents is 1. The summed E-state index contributed by atoms with van der Waals surface area (Å²) >= 11 is 0. The number of amides is 1. The molecule has 0 unspecified atom stereocenters. The quantitative estimate of drug-likeness (QED) is 0.750. The highest BCUT2D eigenvalue weighted by molar-refractivity contribution is 5.92. The molecule has 3 N–H and O–H groups in total. The summed E-state index contributed by atoms with van der Waals surface area (Å²) in [7, 11) is 0. The highest BCUT2D eigenvalue weighted by atomic mass is 19.2. The van der Waals surface area contributed by atoms with Crippen LogP contribution in [0.3, 0.4) is 0 Å². The molecule has 0 atom stereocenters. The first kappa shape index (κ1) is 13.5. The molecule has 1 aromatic carbocycles. The van der Waals surface area contributed by atoms with Crippen molar-refractivity contribution in [1.82, 2.24) is 15.2 Å². The summed E-state index contributed by atoms with van der Waals surface area (Å²) in [6.07, 6.45) is 1.96. The maximum atomic E-state index is 13.5. The Kier molecular flexibility index (Phi) is 3.28. The van der Waals surface area contributed by atoms with Gasteiger partial charge in [0.15, 0.2) is 17.4 Å². The van der Waals surface area contributed by atoms with E-state index in [0.29, 0.717) is 17.6 Å². The van der Waals surface area contributed by atoms with Gasteiger partial charge in [-0.05, 0) is 25.0 Å². The van der Waals surface area contributed by atoms with Crippen LogP contribution in [0.5, 0.6) is 5.75 Å². The molecule has 6 nitrogen and oxygen atoms in total. The first-order valence-electron chi connectivity index (χ1n) is 6.42. The number of aromatic nitrogens is 3. The SMILES string of the molecule is O=C(Cc1nc(C2CC2)n[nH]1)Nc1ccc(O)c(F)c1F. The van der Waals surface area contributed by atoms with Crippen LogP contribution in [-0.4, -0.2) is 26.2 Å². The van der Waals surface area contributed by atoms with E-state index < -0.39 is 23.3 Å². The number of carbonyl (C=O) groups is 1. The zero-order valence-electron chi connectivity index (χ0n) is 10.9. The number of nitrogens with zero attached hydrogens (tertiary/aromatic N) is 2. The molecule has 1 aromatic heterocycles. The molecule has 110 valence electrons. The van der Waals surface area contributed by atoms with E-state index in [-0.39, 0.29) is 12.1 Å². The average molecular weight is 294 g/mol. The lowest BCUT2D eigenvalue weighted by Gasteiger charge is -2.06. The number of carbonyl (C=O) groups excluding carboxylic acids is 1. The summed E-state index contributed by atoms with van der Waals surface area (Å²) in [5, 5.41) is 17.9. The van der Waals surface area contributed by atoms with Gasteiger partial charge in [-0.2, -0.15) is 9.49 Å².